The summed E-state index contributed by atoms with van der Waals surface area (Å²) >= 11 is 0. The first-order valence-electron chi connectivity index (χ1n) is 9.30. The van der Waals surface area contributed by atoms with Gasteiger partial charge in [0, 0.05) is 30.3 Å². The van der Waals surface area contributed by atoms with Crippen molar-refractivity contribution in [2.24, 2.45) is 4.99 Å². The van der Waals surface area contributed by atoms with Gasteiger partial charge in [0.25, 0.3) is 0 Å². The lowest BCUT2D eigenvalue weighted by molar-refractivity contribution is -0.0505. The molecule has 2 aromatic carbocycles. The molecule has 1 unspecified atom stereocenters. The van der Waals surface area contributed by atoms with E-state index in [0.29, 0.717) is 29.6 Å². The average Bonchev–Trinajstić information content (AvgIpc) is 3.16. The normalized spacial score (nSPS) is 14.0. The highest BCUT2D eigenvalue weighted by molar-refractivity contribution is 5.79. The van der Waals surface area contributed by atoms with Crippen molar-refractivity contribution < 1.29 is 32.5 Å². The van der Waals surface area contributed by atoms with Gasteiger partial charge < -0.3 is 30.0 Å². The Morgan fingerprint density at radius 2 is 1.93 bits per heavy atom. The van der Waals surface area contributed by atoms with Crippen LogP contribution in [0.2, 0.25) is 0 Å². The molecule has 0 fully saturated rings. The lowest BCUT2D eigenvalue weighted by Gasteiger charge is -2.16. The molecule has 1 heterocycles. The first-order chi connectivity index (χ1) is 14.5. The van der Waals surface area contributed by atoms with E-state index in [-0.39, 0.29) is 31.2 Å². The lowest BCUT2D eigenvalue weighted by atomic mass is 10.1. The standard InChI is InChI=1S/C20H22F3N3O4/c1-2-24-20(26-10-15(27)13-5-3-4-6-14(13)21)25-9-12-7-17-18(29-11-28-17)8-16(12)30-19(22)23/h3-8,15,19,27H,2,9-11H2,1H3,(H2,24,25,26). The average molecular weight is 425 g/mol. The Morgan fingerprint density at radius 1 is 1.20 bits per heavy atom. The number of rotatable bonds is 8. The Labute approximate surface area is 171 Å². The molecule has 1 aliphatic heterocycles. The minimum Gasteiger partial charge on any atom is -0.454 e. The molecule has 10 heteroatoms. The third-order valence-electron chi connectivity index (χ3n) is 4.25. The molecule has 30 heavy (non-hydrogen) atoms. The molecule has 1 aliphatic rings. The molecule has 7 nitrogen and oxygen atoms in total. The van der Waals surface area contributed by atoms with E-state index >= 15 is 0 Å². The van der Waals surface area contributed by atoms with Crippen LogP contribution in [0.4, 0.5) is 13.2 Å². The molecule has 0 aliphatic carbocycles. The fraction of sp³-hybridized carbons (Fsp3) is 0.350. The number of hydrogen-bond acceptors (Lipinski definition) is 5. The van der Waals surface area contributed by atoms with E-state index in [2.05, 4.69) is 20.4 Å². The molecule has 3 N–H and O–H groups in total. The van der Waals surface area contributed by atoms with Crippen molar-refractivity contribution in [3.8, 4) is 17.2 Å². The molecule has 0 amide bonds. The van der Waals surface area contributed by atoms with Crippen LogP contribution in [-0.2, 0) is 6.54 Å². The van der Waals surface area contributed by atoms with Crippen LogP contribution in [0, 0.1) is 5.82 Å². The van der Waals surface area contributed by atoms with Crippen LogP contribution in [0.3, 0.4) is 0 Å². The Balaban J connectivity index is 1.72. The van der Waals surface area contributed by atoms with E-state index in [1.807, 2.05) is 6.92 Å². The number of alkyl halides is 2. The fourth-order valence-electron chi connectivity index (χ4n) is 2.85. The number of ether oxygens (including phenoxy) is 3. The van der Waals surface area contributed by atoms with Crippen LogP contribution in [-0.4, -0.2) is 37.6 Å². The van der Waals surface area contributed by atoms with E-state index in [1.54, 1.807) is 6.07 Å². The molecule has 2 aromatic rings. The van der Waals surface area contributed by atoms with Crippen LogP contribution in [0.15, 0.2) is 41.4 Å². The first-order valence-corrected chi connectivity index (χ1v) is 9.30. The predicted molar refractivity (Wildman–Crippen MR) is 103 cm³/mol. The van der Waals surface area contributed by atoms with Gasteiger partial charge in [0.15, 0.2) is 17.5 Å². The Morgan fingerprint density at radius 3 is 2.63 bits per heavy atom. The molecule has 0 radical (unpaired) electrons. The molecule has 0 saturated heterocycles. The van der Waals surface area contributed by atoms with Crippen molar-refractivity contribution in [2.75, 3.05) is 19.9 Å². The highest BCUT2D eigenvalue weighted by atomic mass is 19.3. The zero-order valence-electron chi connectivity index (χ0n) is 16.2. The number of fused-ring (bicyclic) bond motifs is 1. The number of nitrogens with zero attached hydrogens (tertiary/aromatic N) is 1. The molecule has 0 aromatic heterocycles. The summed E-state index contributed by atoms with van der Waals surface area (Å²) in [5, 5.41) is 16.1. The maximum absolute atomic E-state index is 13.8. The molecule has 0 saturated carbocycles. The second-order valence-corrected chi connectivity index (χ2v) is 6.31. The van der Waals surface area contributed by atoms with Gasteiger partial charge in [-0.2, -0.15) is 8.78 Å². The smallest absolute Gasteiger partial charge is 0.387 e. The maximum atomic E-state index is 13.8. The summed E-state index contributed by atoms with van der Waals surface area (Å²) in [6.45, 7) is -0.665. The summed E-state index contributed by atoms with van der Waals surface area (Å²) in [6.07, 6.45) is -1.10. The van der Waals surface area contributed by atoms with Crippen molar-refractivity contribution in [2.45, 2.75) is 26.2 Å². The Kier molecular flexibility index (Phi) is 7.23. The number of aliphatic hydroxyl groups is 1. The quantitative estimate of drug-likeness (QED) is 0.446. The van der Waals surface area contributed by atoms with Gasteiger partial charge in [0.2, 0.25) is 6.79 Å². The number of benzene rings is 2. The van der Waals surface area contributed by atoms with Gasteiger partial charge in [0.05, 0.1) is 12.6 Å². The number of nitrogens with one attached hydrogen (secondary N) is 2. The Bertz CT molecular complexity index is 896. The van der Waals surface area contributed by atoms with Crippen molar-refractivity contribution in [3.63, 3.8) is 0 Å². The second kappa shape index (κ2) is 10.1. The van der Waals surface area contributed by atoms with E-state index in [0.717, 1.165) is 0 Å². The minimum absolute atomic E-state index is 0.00565. The van der Waals surface area contributed by atoms with Gasteiger partial charge in [-0.05, 0) is 19.1 Å². The van der Waals surface area contributed by atoms with E-state index in [1.165, 1.54) is 30.3 Å². The topological polar surface area (TPSA) is 84.3 Å². The van der Waals surface area contributed by atoms with Gasteiger partial charge in [-0.1, -0.05) is 18.2 Å². The first kappa shape index (κ1) is 21.6. The number of hydrogen-bond donors (Lipinski definition) is 3. The number of halogens is 3. The highest BCUT2D eigenvalue weighted by Crippen LogP contribution is 2.39. The SMILES string of the molecule is CCNC(=NCc1cc2c(cc1OC(F)F)OCO2)NCC(O)c1ccccc1F. The summed E-state index contributed by atoms with van der Waals surface area (Å²) < 4.78 is 54.4. The molecule has 0 bridgehead atoms. The summed E-state index contributed by atoms with van der Waals surface area (Å²) in [7, 11) is 0. The molecular formula is C20H22F3N3O4. The maximum Gasteiger partial charge on any atom is 0.387 e. The summed E-state index contributed by atoms with van der Waals surface area (Å²) in [5.41, 5.74) is 0.524. The fourth-order valence-corrected chi connectivity index (χ4v) is 2.85. The van der Waals surface area contributed by atoms with Crippen LogP contribution >= 0.6 is 0 Å². The molecular weight excluding hydrogens is 403 g/mol. The van der Waals surface area contributed by atoms with Crippen LogP contribution in [0.25, 0.3) is 0 Å². The lowest BCUT2D eigenvalue weighted by Crippen LogP contribution is -2.39. The second-order valence-electron chi connectivity index (χ2n) is 6.31. The predicted octanol–water partition coefficient (Wildman–Crippen LogP) is 2.94. The zero-order valence-corrected chi connectivity index (χ0v) is 16.2. The number of aliphatic hydroxyl groups excluding tert-OH is 1. The molecule has 1 atom stereocenters. The van der Waals surface area contributed by atoms with Gasteiger partial charge in [-0.15, -0.1) is 0 Å². The number of guanidine groups is 1. The van der Waals surface area contributed by atoms with Gasteiger partial charge in [-0.25, -0.2) is 9.38 Å². The van der Waals surface area contributed by atoms with E-state index < -0.39 is 18.5 Å². The molecule has 3 rings (SSSR count). The third-order valence-corrected chi connectivity index (χ3v) is 4.25. The largest absolute Gasteiger partial charge is 0.454 e. The zero-order chi connectivity index (χ0) is 21.5. The highest BCUT2D eigenvalue weighted by Gasteiger charge is 2.20. The minimum atomic E-state index is -3.00. The Hall–Kier alpha value is -3.14. The van der Waals surface area contributed by atoms with Gasteiger partial charge >= 0.3 is 6.61 Å². The molecule has 162 valence electrons. The van der Waals surface area contributed by atoms with Crippen LogP contribution < -0.4 is 24.8 Å². The van der Waals surface area contributed by atoms with Crippen molar-refractivity contribution >= 4 is 5.96 Å². The van der Waals surface area contributed by atoms with Crippen LogP contribution in [0.1, 0.15) is 24.2 Å². The monoisotopic (exact) mass is 425 g/mol. The molecule has 0 spiro atoms. The van der Waals surface area contributed by atoms with Crippen molar-refractivity contribution in [1.29, 1.82) is 0 Å². The third kappa shape index (κ3) is 5.47. The van der Waals surface area contributed by atoms with Crippen molar-refractivity contribution in [3.05, 3.63) is 53.3 Å². The van der Waals surface area contributed by atoms with E-state index in [4.69, 9.17) is 9.47 Å². The van der Waals surface area contributed by atoms with Gasteiger partial charge in [-0.3, -0.25) is 0 Å². The summed E-state index contributed by atoms with van der Waals surface area (Å²) in [5.74, 6) is 0.461. The van der Waals surface area contributed by atoms with Crippen molar-refractivity contribution in [1.82, 2.24) is 10.6 Å². The van der Waals surface area contributed by atoms with Crippen LogP contribution in [0.5, 0.6) is 17.2 Å². The summed E-state index contributed by atoms with van der Waals surface area (Å²) in [6, 6.07) is 8.79. The van der Waals surface area contributed by atoms with Gasteiger partial charge in [0.1, 0.15) is 11.6 Å². The summed E-state index contributed by atoms with van der Waals surface area (Å²) in [4.78, 5) is 4.33. The number of aliphatic imine (C=N–C) groups is 1. The van der Waals surface area contributed by atoms with E-state index in [9.17, 15) is 18.3 Å².